The molecule has 0 spiro atoms. The molecule has 7 heteroatoms. The lowest BCUT2D eigenvalue weighted by molar-refractivity contribution is 0.180. The van der Waals surface area contributed by atoms with E-state index >= 15 is 0 Å². The van der Waals surface area contributed by atoms with E-state index in [1.165, 1.54) is 0 Å². The summed E-state index contributed by atoms with van der Waals surface area (Å²) in [5, 5.41) is 6.66. The van der Waals surface area contributed by atoms with Crippen LogP contribution in [0, 0.1) is 0 Å². The molecule has 0 aromatic carbocycles. The topological polar surface area (TPSA) is 52.1 Å². The van der Waals surface area contributed by atoms with Crippen molar-refractivity contribution in [1.29, 1.82) is 0 Å². The molecule has 0 saturated carbocycles. The van der Waals surface area contributed by atoms with Gasteiger partial charge in [-0.1, -0.05) is 6.92 Å². The van der Waals surface area contributed by atoms with Gasteiger partial charge < -0.3 is 25.2 Å². The van der Waals surface area contributed by atoms with Gasteiger partial charge in [0.05, 0.1) is 6.54 Å². The predicted molar refractivity (Wildman–Crippen MR) is 107 cm³/mol. The third-order valence-corrected chi connectivity index (χ3v) is 3.31. The zero-order valence-corrected chi connectivity index (χ0v) is 17.4. The minimum Gasteiger partial charge on any atom is -0.385 e. The summed E-state index contributed by atoms with van der Waals surface area (Å²) in [5.74, 6) is 0.910. The van der Waals surface area contributed by atoms with Crippen LogP contribution < -0.4 is 10.6 Å². The van der Waals surface area contributed by atoms with Crippen molar-refractivity contribution in [1.82, 2.24) is 20.4 Å². The molecule has 0 aromatic rings. The van der Waals surface area contributed by atoms with Crippen molar-refractivity contribution in [2.75, 3.05) is 73.6 Å². The Morgan fingerprint density at radius 1 is 1.05 bits per heavy atom. The normalized spacial score (nSPS) is 11.7. The molecule has 134 valence electrons. The van der Waals surface area contributed by atoms with E-state index in [9.17, 15) is 0 Å². The van der Waals surface area contributed by atoms with Gasteiger partial charge in [-0.05, 0) is 34.0 Å². The van der Waals surface area contributed by atoms with Gasteiger partial charge in [-0.2, -0.15) is 0 Å². The van der Waals surface area contributed by atoms with E-state index in [4.69, 9.17) is 4.74 Å². The summed E-state index contributed by atoms with van der Waals surface area (Å²) in [5.41, 5.74) is 0. The van der Waals surface area contributed by atoms with Crippen LogP contribution in [-0.4, -0.2) is 89.4 Å². The van der Waals surface area contributed by atoms with E-state index in [1.54, 1.807) is 7.11 Å². The molecular weight excluding hydrogens is 393 g/mol. The molecule has 0 aliphatic carbocycles. The predicted octanol–water partition coefficient (Wildman–Crippen LogP) is 1.08. The van der Waals surface area contributed by atoms with Crippen molar-refractivity contribution in [3.05, 3.63) is 0 Å². The van der Waals surface area contributed by atoms with Gasteiger partial charge in [-0.15, -0.1) is 24.0 Å². The van der Waals surface area contributed by atoms with Gasteiger partial charge in [0.1, 0.15) is 0 Å². The molecule has 22 heavy (non-hydrogen) atoms. The van der Waals surface area contributed by atoms with Crippen LogP contribution in [0.15, 0.2) is 4.99 Å². The van der Waals surface area contributed by atoms with Gasteiger partial charge in [0, 0.05) is 46.4 Å². The van der Waals surface area contributed by atoms with E-state index in [1.807, 2.05) is 0 Å². The minimum absolute atomic E-state index is 0. The molecule has 2 N–H and O–H groups in total. The van der Waals surface area contributed by atoms with Crippen LogP contribution in [0.4, 0.5) is 0 Å². The number of hydrogen-bond acceptors (Lipinski definition) is 4. The molecule has 0 aliphatic heterocycles. The Morgan fingerprint density at radius 2 is 1.77 bits per heavy atom. The number of guanidine groups is 1. The van der Waals surface area contributed by atoms with Crippen LogP contribution in [0.3, 0.4) is 0 Å². The van der Waals surface area contributed by atoms with Crippen LogP contribution in [0.25, 0.3) is 0 Å². The number of methoxy groups -OCH3 is 1. The standard InChI is InChI=1S/C15H35N5O.HI/c1-6-16-15(17-9-12-19(3)7-2)18-10-13-20(4)11-8-14-21-5;/h6-14H2,1-5H3,(H2,16,17,18);1H. The smallest absolute Gasteiger partial charge is 0.191 e. The number of nitrogens with one attached hydrogen (secondary N) is 2. The summed E-state index contributed by atoms with van der Waals surface area (Å²) in [6.07, 6.45) is 1.07. The summed E-state index contributed by atoms with van der Waals surface area (Å²) >= 11 is 0. The van der Waals surface area contributed by atoms with Crippen molar-refractivity contribution < 1.29 is 4.74 Å². The van der Waals surface area contributed by atoms with Crippen LogP contribution in [0.1, 0.15) is 20.3 Å². The van der Waals surface area contributed by atoms with Crippen LogP contribution in [0.5, 0.6) is 0 Å². The zero-order chi connectivity index (χ0) is 15.9. The quantitative estimate of drug-likeness (QED) is 0.211. The average Bonchev–Trinajstić information content (AvgIpc) is 2.47. The Hall–Kier alpha value is -0.120. The number of nitrogens with zero attached hydrogens (tertiary/aromatic N) is 3. The fraction of sp³-hybridized carbons (Fsp3) is 0.933. The van der Waals surface area contributed by atoms with Crippen LogP contribution >= 0.6 is 24.0 Å². The number of hydrogen-bond donors (Lipinski definition) is 2. The first-order chi connectivity index (χ1) is 10.1. The third kappa shape index (κ3) is 14.8. The summed E-state index contributed by atoms with van der Waals surface area (Å²) in [6.45, 7) is 11.8. The lowest BCUT2D eigenvalue weighted by Gasteiger charge is -2.18. The average molecular weight is 429 g/mol. The lowest BCUT2D eigenvalue weighted by Crippen LogP contribution is -2.41. The van der Waals surface area contributed by atoms with Gasteiger partial charge in [0.2, 0.25) is 0 Å². The van der Waals surface area contributed by atoms with E-state index < -0.39 is 0 Å². The molecule has 0 aromatic heterocycles. The highest BCUT2D eigenvalue weighted by atomic mass is 127. The van der Waals surface area contributed by atoms with Gasteiger partial charge in [-0.3, -0.25) is 4.99 Å². The molecule has 0 radical (unpaired) electrons. The van der Waals surface area contributed by atoms with E-state index in [-0.39, 0.29) is 24.0 Å². The fourth-order valence-corrected chi connectivity index (χ4v) is 1.79. The summed E-state index contributed by atoms with van der Waals surface area (Å²) in [6, 6.07) is 0. The molecule has 0 fully saturated rings. The second-order valence-electron chi connectivity index (χ2n) is 5.23. The van der Waals surface area contributed by atoms with Crippen molar-refractivity contribution in [3.63, 3.8) is 0 Å². The van der Waals surface area contributed by atoms with E-state index in [0.29, 0.717) is 0 Å². The first kappa shape index (κ1) is 24.1. The number of halogens is 1. The highest BCUT2D eigenvalue weighted by molar-refractivity contribution is 14.0. The number of aliphatic imine (C=N–C) groups is 1. The molecule has 0 aliphatic rings. The molecule has 0 amide bonds. The van der Waals surface area contributed by atoms with Crippen molar-refractivity contribution in [2.45, 2.75) is 20.3 Å². The second-order valence-corrected chi connectivity index (χ2v) is 5.23. The van der Waals surface area contributed by atoms with Gasteiger partial charge >= 0.3 is 0 Å². The number of ether oxygens (including phenoxy) is 1. The Morgan fingerprint density at radius 3 is 2.36 bits per heavy atom. The van der Waals surface area contributed by atoms with Crippen molar-refractivity contribution >= 4 is 29.9 Å². The molecule has 0 bridgehead atoms. The molecule has 0 atom stereocenters. The molecule has 0 saturated heterocycles. The SMILES string of the molecule is CCNC(=NCCN(C)CC)NCCN(C)CCCOC.I. The highest BCUT2D eigenvalue weighted by Gasteiger charge is 2.00. The largest absolute Gasteiger partial charge is 0.385 e. The van der Waals surface area contributed by atoms with E-state index in [2.05, 4.69) is 53.4 Å². The Balaban J connectivity index is 0. The maximum atomic E-state index is 5.06. The molecule has 0 rings (SSSR count). The monoisotopic (exact) mass is 429 g/mol. The first-order valence-corrected chi connectivity index (χ1v) is 8.02. The second kappa shape index (κ2) is 17.2. The molecule has 0 unspecified atom stereocenters. The maximum absolute atomic E-state index is 5.06. The summed E-state index contributed by atoms with van der Waals surface area (Å²) in [7, 11) is 6.00. The first-order valence-electron chi connectivity index (χ1n) is 8.02. The molecule has 0 heterocycles. The van der Waals surface area contributed by atoms with Gasteiger partial charge in [0.25, 0.3) is 0 Å². The molecule has 6 nitrogen and oxygen atoms in total. The Kier molecular flexibility index (Phi) is 18.9. The van der Waals surface area contributed by atoms with Crippen molar-refractivity contribution in [3.8, 4) is 0 Å². The van der Waals surface area contributed by atoms with Crippen LogP contribution in [0.2, 0.25) is 0 Å². The lowest BCUT2D eigenvalue weighted by atomic mass is 10.4. The van der Waals surface area contributed by atoms with Crippen LogP contribution in [-0.2, 0) is 4.74 Å². The Bertz CT molecular complexity index is 266. The summed E-state index contributed by atoms with van der Waals surface area (Å²) < 4.78 is 5.06. The number of rotatable bonds is 12. The third-order valence-electron chi connectivity index (χ3n) is 3.31. The minimum atomic E-state index is 0. The Labute approximate surface area is 154 Å². The van der Waals surface area contributed by atoms with Gasteiger partial charge in [-0.25, -0.2) is 0 Å². The van der Waals surface area contributed by atoms with Crippen molar-refractivity contribution in [2.24, 2.45) is 4.99 Å². The van der Waals surface area contributed by atoms with Gasteiger partial charge in [0.15, 0.2) is 5.96 Å². The highest BCUT2D eigenvalue weighted by Crippen LogP contribution is 1.87. The number of likely N-dealkylation sites (N-methyl/N-ethyl adjacent to an activating group) is 2. The van der Waals surface area contributed by atoms with E-state index in [0.717, 1.165) is 64.8 Å². The molecular formula is C15H36IN5O. The zero-order valence-electron chi connectivity index (χ0n) is 15.0. The maximum Gasteiger partial charge on any atom is 0.191 e. The fourth-order valence-electron chi connectivity index (χ4n) is 1.79. The summed E-state index contributed by atoms with van der Waals surface area (Å²) in [4.78, 5) is 9.15.